The van der Waals surface area contributed by atoms with Gasteiger partial charge in [0.2, 0.25) is 0 Å². The summed E-state index contributed by atoms with van der Waals surface area (Å²) in [5.41, 5.74) is 1.48. The van der Waals surface area contributed by atoms with Gasteiger partial charge in [0, 0.05) is 25.9 Å². The van der Waals surface area contributed by atoms with Crippen molar-refractivity contribution < 1.29 is 4.74 Å². The Balaban J connectivity index is 2.22. The summed E-state index contributed by atoms with van der Waals surface area (Å²) in [4.78, 5) is 2.26. The van der Waals surface area contributed by atoms with E-state index in [4.69, 9.17) is 21.6 Å². The average molecular weight is 265 g/mol. The molecule has 1 heterocycles. The molecule has 1 aromatic rings. The minimum atomic E-state index is -0.0986. The number of nitriles is 1. The highest BCUT2D eigenvalue weighted by Crippen LogP contribution is 2.30. The third-order valence-corrected chi connectivity index (χ3v) is 3.90. The standard InChI is InChI=1S/C14H17ClN2O/c1-14(18-2)6-3-7-17(10-14)12-5-4-11(9-16)13(15)8-12/h4-5,8H,3,6-7,10H2,1-2H3. The minimum absolute atomic E-state index is 0.0986. The monoisotopic (exact) mass is 264 g/mol. The molecule has 0 amide bonds. The molecule has 0 spiro atoms. The first-order chi connectivity index (χ1) is 8.58. The van der Waals surface area contributed by atoms with Gasteiger partial charge in [0.15, 0.2) is 0 Å². The van der Waals surface area contributed by atoms with Crippen LogP contribution < -0.4 is 4.90 Å². The van der Waals surface area contributed by atoms with Crippen LogP contribution in [0.25, 0.3) is 0 Å². The largest absolute Gasteiger partial charge is 0.377 e. The third kappa shape index (κ3) is 2.60. The number of methoxy groups -OCH3 is 1. The smallest absolute Gasteiger partial charge is 0.101 e. The van der Waals surface area contributed by atoms with Crippen LogP contribution in [0.15, 0.2) is 18.2 Å². The van der Waals surface area contributed by atoms with Gasteiger partial charge >= 0.3 is 0 Å². The van der Waals surface area contributed by atoms with Crippen molar-refractivity contribution in [2.45, 2.75) is 25.4 Å². The predicted octanol–water partition coefficient (Wildman–Crippen LogP) is 3.22. The molecule has 2 rings (SSSR count). The van der Waals surface area contributed by atoms with Crippen LogP contribution in [0.2, 0.25) is 5.02 Å². The molecule has 0 N–H and O–H groups in total. The van der Waals surface area contributed by atoms with Crippen LogP contribution in [0.4, 0.5) is 5.69 Å². The van der Waals surface area contributed by atoms with Gasteiger partial charge in [-0.1, -0.05) is 11.6 Å². The zero-order valence-corrected chi connectivity index (χ0v) is 11.5. The summed E-state index contributed by atoms with van der Waals surface area (Å²) in [6.45, 7) is 3.98. The molecule has 96 valence electrons. The van der Waals surface area contributed by atoms with Gasteiger partial charge in [0.05, 0.1) is 16.2 Å². The quantitative estimate of drug-likeness (QED) is 0.823. The van der Waals surface area contributed by atoms with Crippen molar-refractivity contribution in [3.63, 3.8) is 0 Å². The van der Waals surface area contributed by atoms with E-state index < -0.39 is 0 Å². The van der Waals surface area contributed by atoms with Gasteiger partial charge in [-0.15, -0.1) is 0 Å². The second kappa shape index (κ2) is 5.17. The molecule has 1 fully saturated rings. The lowest BCUT2D eigenvalue weighted by molar-refractivity contribution is -0.00465. The summed E-state index contributed by atoms with van der Waals surface area (Å²) in [5.74, 6) is 0. The highest BCUT2D eigenvalue weighted by Gasteiger charge is 2.30. The zero-order chi connectivity index (χ0) is 13.2. The Morgan fingerprint density at radius 2 is 2.28 bits per heavy atom. The van der Waals surface area contributed by atoms with Crippen LogP contribution in [-0.2, 0) is 4.74 Å². The third-order valence-electron chi connectivity index (χ3n) is 3.59. The molecule has 1 unspecified atom stereocenters. The van der Waals surface area contributed by atoms with Gasteiger partial charge in [-0.3, -0.25) is 0 Å². The first kappa shape index (κ1) is 13.2. The topological polar surface area (TPSA) is 36.3 Å². The molecular formula is C14H17ClN2O. The lowest BCUT2D eigenvalue weighted by atomic mass is 9.94. The minimum Gasteiger partial charge on any atom is -0.377 e. The van der Waals surface area contributed by atoms with E-state index in [1.165, 1.54) is 0 Å². The van der Waals surface area contributed by atoms with Gasteiger partial charge in [-0.25, -0.2) is 0 Å². The Morgan fingerprint density at radius 3 is 2.89 bits per heavy atom. The van der Waals surface area contributed by atoms with Gasteiger partial charge in [0.1, 0.15) is 6.07 Å². The van der Waals surface area contributed by atoms with E-state index in [1.807, 2.05) is 12.1 Å². The van der Waals surface area contributed by atoms with Crippen molar-refractivity contribution >= 4 is 17.3 Å². The molecule has 0 radical (unpaired) electrons. The predicted molar refractivity (Wildman–Crippen MR) is 73.0 cm³/mol. The van der Waals surface area contributed by atoms with E-state index in [-0.39, 0.29) is 5.60 Å². The van der Waals surface area contributed by atoms with Crippen molar-refractivity contribution in [3.05, 3.63) is 28.8 Å². The van der Waals surface area contributed by atoms with E-state index in [2.05, 4.69) is 17.9 Å². The summed E-state index contributed by atoms with van der Waals surface area (Å²) < 4.78 is 5.58. The number of nitrogens with zero attached hydrogens (tertiary/aromatic N) is 2. The number of piperidine rings is 1. The number of hydrogen-bond acceptors (Lipinski definition) is 3. The highest BCUT2D eigenvalue weighted by atomic mass is 35.5. The Bertz CT molecular complexity index is 483. The first-order valence-electron chi connectivity index (χ1n) is 6.08. The van der Waals surface area contributed by atoms with Crippen LogP contribution in [0.3, 0.4) is 0 Å². The maximum atomic E-state index is 8.87. The van der Waals surface area contributed by atoms with Crippen LogP contribution in [0.5, 0.6) is 0 Å². The van der Waals surface area contributed by atoms with Crippen LogP contribution in [0.1, 0.15) is 25.3 Å². The Labute approximate surface area is 113 Å². The fourth-order valence-electron chi connectivity index (χ4n) is 2.38. The van der Waals surface area contributed by atoms with Gasteiger partial charge < -0.3 is 9.64 Å². The SMILES string of the molecule is COC1(C)CCCN(c2ccc(C#N)c(Cl)c2)C1. The van der Waals surface area contributed by atoms with Crippen molar-refractivity contribution in [3.8, 4) is 6.07 Å². The fraction of sp³-hybridized carbons (Fsp3) is 0.500. The molecule has 1 atom stereocenters. The number of anilines is 1. The summed E-state index contributed by atoms with van der Waals surface area (Å²) in [7, 11) is 1.76. The van der Waals surface area contributed by atoms with Gasteiger partial charge in [-0.05, 0) is 38.0 Å². The van der Waals surface area contributed by atoms with Crippen molar-refractivity contribution in [1.29, 1.82) is 5.26 Å². The number of halogens is 1. The molecule has 0 saturated carbocycles. The second-order valence-corrected chi connectivity index (χ2v) is 5.36. The maximum absolute atomic E-state index is 8.87. The normalized spacial score (nSPS) is 23.8. The molecule has 1 aromatic carbocycles. The molecule has 1 saturated heterocycles. The van der Waals surface area contributed by atoms with E-state index in [0.717, 1.165) is 31.6 Å². The van der Waals surface area contributed by atoms with E-state index >= 15 is 0 Å². The first-order valence-corrected chi connectivity index (χ1v) is 6.45. The molecule has 1 aliphatic heterocycles. The summed E-state index contributed by atoms with van der Waals surface area (Å²) >= 11 is 6.07. The number of ether oxygens (including phenoxy) is 1. The molecule has 3 nitrogen and oxygen atoms in total. The molecule has 0 bridgehead atoms. The van der Waals surface area contributed by atoms with Gasteiger partial charge in [0.25, 0.3) is 0 Å². The summed E-state index contributed by atoms with van der Waals surface area (Å²) in [5, 5.41) is 9.39. The Hall–Kier alpha value is -1.24. The van der Waals surface area contributed by atoms with E-state index in [9.17, 15) is 0 Å². The molecule has 18 heavy (non-hydrogen) atoms. The van der Waals surface area contributed by atoms with Crippen molar-refractivity contribution in [2.24, 2.45) is 0 Å². The zero-order valence-electron chi connectivity index (χ0n) is 10.7. The fourth-order valence-corrected chi connectivity index (χ4v) is 2.60. The Morgan fingerprint density at radius 1 is 1.50 bits per heavy atom. The van der Waals surface area contributed by atoms with Crippen LogP contribution in [-0.4, -0.2) is 25.8 Å². The molecule has 0 aromatic heterocycles. The molecule has 1 aliphatic rings. The highest BCUT2D eigenvalue weighted by molar-refractivity contribution is 6.32. The van der Waals surface area contributed by atoms with Gasteiger partial charge in [-0.2, -0.15) is 5.26 Å². The number of rotatable bonds is 2. The lowest BCUT2D eigenvalue weighted by Crippen LogP contribution is -2.47. The number of benzene rings is 1. The molecule has 4 heteroatoms. The molecule has 0 aliphatic carbocycles. The van der Waals surface area contributed by atoms with Crippen molar-refractivity contribution in [2.75, 3.05) is 25.1 Å². The second-order valence-electron chi connectivity index (χ2n) is 4.96. The number of hydrogen-bond donors (Lipinski definition) is 0. The van der Waals surface area contributed by atoms with Crippen LogP contribution >= 0.6 is 11.6 Å². The van der Waals surface area contributed by atoms with Crippen molar-refractivity contribution in [1.82, 2.24) is 0 Å². The maximum Gasteiger partial charge on any atom is 0.101 e. The van der Waals surface area contributed by atoms with E-state index in [0.29, 0.717) is 10.6 Å². The van der Waals surface area contributed by atoms with E-state index in [1.54, 1.807) is 13.2 Å². The average Bonchev–Trinajstić information content (AvgIpc) is 2.39. The lowest BCUT2D eigenvalue weighted by Gasteiger charge is -2.40. The molecular weight excluding hydrogens is 248 g/mol. The summed E-state index contributed by atoms with van der Waals surface area (Å²) in [6, 6.07) is 7.66. The summed E-state index contributed by atoms with van der Waals surface area (Å²) in [6.07, 6.45) is 2.17. The van der Waals surface area contributed by atoms with Crippen LogP contribution in [0, 0.1) is 11.3 Å². The Kier molecular flexibility index (Phi) is 3.79.